The predicted molar refractivity (Wildman–Crippen MR) is 63.7 cm³/mol. The third-order valence-corrected chi connectivity index (χ3v) is 2.13. The van der Waals surface area contributed by atoms with Crippen molar-refractivity contribution in [1.29, 1.82) is 0 Å². The van der Waals surface area contributed by atoms with Crippen LogP contribution in [0.4, 0.5) is 5.69 Å². The topological polar surface area (TPSA) is 28.2 Å². The van der Waals surface area contributed by atoms with E-state index in [2.05, 4.69) is 29.2 Å². The summed E-state index contributed by atoms with van der Waals surface area (Å²) >= 11 is 0. The predicted octanol–water partition coefficient (Wildman–Crippen LogP) is 1.26. The van der Waals surface area contributed by atoms with Gasteiger partial charge in [-0.25, -0.2) is 0 Å². The molecule has 1 aromatic heterocycles. The highest BCUT2D eigenvalue weighted by Gasteiger charge is 2.00. The molecular weight excluding hydrogens is 186 g/mol. The van der Waals surface area contributed by atoms with Crippen molar-refractivity contribution < 1.29 is 0 Å². The highest BCUT2D eigenvalue weighted by molar-refractivity contribution is 5.46. The van der Waals surface area contributed by atoms with E-state index in [1.165, 1.54) is 0 Å². The molecule has 0 atom stereocenters. The fourth-order valence-electron chi connectivity index (χ4n) is 1.28. The van der Waals surface area contributed by atoms with E-state index in [0.717, 1.165) is 24.5 Å². The molecule has 0 aromatic carbocycles. The second-order valence-electron chi connectivity index (χ2n) is 3.35. The summed E-state index contributed by atoms with van der Waals surface area (Å²) in [5.74, 6) is 2.62. The van der Waals surface area contributed by atoms with Crippen molar-refractivity contribution in [2.75, 3.05) is 25.0 Å². The number of anilines is 1. The first-order valence-corrected chi connectivity index (χ1v) is 5.08. The van der Waals surface area contributed by atoms with Crippen LogP contribution in [-0.2, 0) is 6.54 Å². The molecule has 3 nitrogen and oxygen atoms in total. The van der Waals surface area contributed by atoms with Crippen LogP contribution < -0.4 is 10.2 Å². The highest BCUT2D eigenvalue weighted by Crippen LogP contribution is 2.12. The van der Waals surface area contributed by atoms with Crippen LogP contribution in [-0.4, -0.2) is 25.1 Å². The van der Waals surface area contributed by atoms with Crippen LogP contribution in [0, 0.1) is 12.3 Å². The molecule has 0 spiro atoms. The molecule has 0 unspecified atom stereocenters. The molecule has 15 heavy (non-hydrogen) atoms. The lowest BCUT2D eigenvalue weighted by atomic mass is 10.3. The molecule has 0 bridgehead atoms. The summed E-state index contributed by atoms with van der Waals surface area (Å²) in [7, 11) is 1.98. The molecular formula is C12H17N3. The van der Waals surface area contributed by atoms with E-state index in [9.17, 15) is 0 Å². The van der Waals surface area contributed by atoms with Crippen LogP contribution >= 0.6 is 0 Å². The maximum atomic E-state index is 5.27. The Labute approximate surface area is 91.5 Å². The Hall–Kier alpha value is -1.53. The molecule has 0 aliphatic carbocycles. The Morgan fingerprint density at radius 1 is 1.60 bits per heavy atom. The zero-order valence-electron chi connectivity index (χ0n) is 9.33. The Morgan fingerprint density at radius 2 is 2.40 bits per heavy atom. The monoisotopic (exact) mass is 203 g/mol. The average Bonchev–Trinajstić information content (AvgIpc) is 2.27. The largest absolute Gasteiger partial charge is 0.363 e. The van der Waals surface area contributed by atoms with Gasteiger partial charge in [0.25, 0.3) is 0 Å². The molecule has 0 saturated carbocycles. The molecule has 3 heteroatoms. The minimum atomic E-state index is 0.616. The quantitative estimate of drug-likeness (QED) is 0.730. The molecule has 0 aliphatic rings. The summed E-state index contributed by atoms with van der Waals surface area (Å²) in [4.78, 5) is 6.30. The van der Waals surface area contributed by atoms with E-state index in [4.69, 9.17) is 6.42 Å². The lowest BCUT2D eigenvalue weighted by Gasteiger charge is -2.16. The van der Waals surface area contributed by atoms with Crippen LogP contribution in [0.1, 0.15) is 12.6 Å². The minimum Gasteiger partial charge on any atom is -0.363 e. The fourth-order valence-corrected chi connectivity index (χ4v) is 1.28. The summed E-state index contributed by atoms with van der Waals surface area (Å²) in [5, 5.41) is 3.24. The van der Waals surface area contributed by atoms with Gasteiger partial charge in [-0.2, -0.15) is 0 Å². The van der Waals surface area contributed by atoms with Crippen LogP contribution in [0.2, 0.25) is 0 Å². The number of hydrogen-bond donors (Lipinski definition) is 1. The SMILES string of the molecule is C#CCN(C)c1ccnc(CNCC)c1. The van der Waals surface area contributed by atoms with Gasteiger partial charge in [-0.05, 0) is 18.7 Å². The fraction of sp³-hybridized carbons (Fsp3) is 0.417. The summed E-state index contributed by atoms with van der Waals surface area (Å²) in [6.45, 7) is 4.44. The van der Waals surface area contributed by atoms with Crippen molar-refractivity contribution in [2.24, 2.45) is 0 Å². The van der Waals surface area contributed by atoms with Crippen molar-refractivity contribution in [3.05, 3.63) is 24.0 Å². The molecule has 1 N–H and O–H groups in total. The molecule has 0 aliphatic heterocycles. The average molecular weight is 203 g/mol. The van der Waals surface area contributed by atoms with E-state index < -0.39 is 0 Å². The highest BCUT2D eigenvalue weighted by atomic mass is 15.1. The Kier molecular flexibility index (Phi) is 4.65. The molecule has 1 heterocycles. The van der Waals surface area contributed by atoms with Crippen molar-refractivity contribution in [3.63, 3.8) is 0 Å². The Balaban J connectivity index is 2.69. The molecule has 1 aromatic rings. The smallest absolute Gasteiger partial charge is 0.0788 e. The molecule has 0 radical (unpaired) electrons. The van der Waals surface area contributed by atoms with Gasteiger partial charge in [0.05, 0.1) is 12.2 Å². The lowest BCUT2D eigenvalue weighted by molar-refractivity contribution is 0.710. The number of hydrogen-bond acceptors (Lipinski definition) is 3. The maximum absolute atomic E-state index is 5.27. The lowest BCUT2D eigenvalue weighted by Crippen LogP contribution is -2.18. The normalized spacial score (nSPS) is 9.67. The number of aromatic nitrogens is 1. The molecule has 0 amide bonds. The summed E-state index contributed by atoms with van der Waals surface area (Å²) in [6.07, 6.45) is 7.08. The first-order valence-electron chi connectivity index (χ1n) is 5.08. The zero-order chi connectivity index (χ0) is 11.1. The van der Waals surface area contributed by atoms with Gasteiger partial charge in [-0.1, -0.05) is 12.8 Å². The van der Waals surface area contributed by atoms with Gasteiger partial charge in [-0.3, -0.25) is 4.98 Å². The summed E-state index contributed by atoms with van der Waals surface area (Å²) < 4.78 is 0. The van der Waals surface area contributed by atoms with Crippen molar-refractivity contribution in [1.82, 2.24) is 10.3 Å². The van der Waals surface area contributed by atoms with Crippen LogP contribution in [0.15, 0.2) is 18.3 Å². The van der Waals surface area contributed by atoms with Crippen molar-refractivity contribution in [2.45, 2.75) is 13.5 Å². The van der Waals surface area contributed by atoms with E-state index in [1.54, 1.807) is 0 Å². The number of nitrogens with one attached hydrogen (secondary N) is 1. The van der Waals surface area contributed by atoms with Gasteiger partial charge in [0, 0.05) is 25.5 Å². The number of rotatable bonds is 5. The van der Waals surface area contributed by atoms with Crippen LogP contribution in [0.25, 0.3) is 0 Å². The molecule has 0 fully saturated rings. The van der Waals surface area contributed by atoms with E-state index in [0.29, 0.717) is 6.54 Å². The third-order valence-electron chi connectivity index (χ3n) is 2.13. The summed E-state index contributed by atoms with van der Waals surface area (Å²) in [5.41, 5.74) is 2.15. The van der Waals surface area contributed by atoms with Gasteiger partial charge in [0.15, 0.2) is 0 Å². The first-order chi connectivity index (χ1) is 7.27. The number of nitrogens with zero attached hydrogens (tertiary/aromatic N) is 2. The molecule has 1 rings (SSSR count). The standard InChI is InChI=1S/C12H17N3/c1-4-8-15(3)12-6-7-14-11(9-12)10-13-5-2/h1,6-7,9,13H,5,8,10H2,2-3H3. The Morgan fingerprint density at radius 3 is 3.07 bits per heavy atom. The van der Waals surface area contributed by atoms with Gasteiger partial charge in [0.2, 0.25) is 0 Å². The Bertz CT molecular complexity index is 341. The van der Waals surface area contributed by atoms with Gasteiger partial charge >= 0.3 is 0 Å². The van der Waals surface area contributed by atoms with Crippen molar-refractivity contribution in [3.8, 4) is 12.3 Å². The van der Waals surface area contributed by atoms with Gasteiger partial charge < -0.3 is 10.2 Å². The van der Waals surface area contributed by atoms with E-state index in [1.807, 2.05) is 24.2 Å². The first kappa shape index (κ1) is 11.5. The van der Waals surface area contributed by atoms with Crippen LogP contribution in [0.5, 0.6) is 0 Å². The number of terminal acetylenes is 1. The van der Waals surface area contributed by atoms with Crippen LogP contribution in [0.3, 0.4) is 0 Å². The zero-order valence-corrected chi connectivity index (χ0v) is 9.33. The third kappa shape index (κ3) is 3.61. The van der Waals surface area contributed by atoms with Crippen molar-refractivity contribution >= 4 is 5.69 Å². The van der Waals surface area contributed by atoms with E-state index in [-0.39, 0.29) is 0 Å². The maximum Gasteiger partial charge on any atom is 0.0788 e. The molecule has 80 valence electrons. The van der Waals surface area contributed by atoms with E-state index >= 15 is 0 Å². The second kappa shape index (κ2) is 6.05. The minimum absolute atomic E-state index is 0.616. The summed E-state index contributed by atoms with van der Waals surface area (Å²) in [6, 6.07) is 4.02. The van der Waals surface area contributed by atoms with Gasteiger partial charge in [-0.15, -0.1) is 6.42 Å². The number of pyridine rings is 1. The second-order valence-corrected chi connectivity index (χ2v) is 3.35. The molecule has 0 saturated heterocycles. The van der Waals surface area contributed by atoms with Gasteiger partial charge in [0.1, 0.15) is 0 Å².